The average molecular weight is 325 g/mol. The van der Waals surface area contributed by atoms with Crippen LogP contribution in [-0.4, -0.2) is 24.1 Å². The molecule has 0 aliphatic rings. The molecule has 0 spiro atoms. The number of amides is 1. The number of aromatic carboxylic acids is 1. The van der Waals surface area contributed by atoms with Crippen molar-refractivity contribution >= 4 is 28.5 Å². The van der Waals surface area contributed by atoms with Gasteiger partial charge < -0.3 is 19.6 Å². The van der Waals surface area contributed by atoms with E-state index in [9.17, 15) is 9.59 Å². The maximum atomic E-state index is 12.4. The number of carboxylic acids is 1. The van der Waals surface area contributed by atoms with E-state index in [1.807, 2.05) is 12.1 Å². The SMILES string of the molecule is COc1cccc2cc(C(=O)Nc3ccc(C(=O)O)cc3C)oc12. The molecule has 1 amide bonds. The number of carbonyl (C=O) groups excluding carboxylic acids is 1. The highest BCUT2D eigenvalue weighted by atomic mass is 16.5. The second kappa shape index (κ2) is 6.08. The first-order valence-corrected chi connectivity index (χ1v) is 7.21. The number of nitrogens with one attached hydrogen (secondary N) is 1. The van der Waals surface area contributed by atoms with E-state index in [-0.39, 0.29) is 11.3 Å². The maximum Gasteiger partial charge on any atom is 0.335 e. The van der Waals surface area contributed by atoms with Crippen LogP contribution >= 0.6 is 0 Å². The summed E-state index contributed by atoms with van der Waals surface area (Å²) in [5.41, 5.74) is 1.84. The lowest BCUT2D eigenvalue weighted by molar-refractivity contribution is 0.0696. The third kappa shape index (κ3) is 2.81. The van der Waals surface area contributed by atoms with Gasteiger partial charge in [-0.2, -0.15) is 0 Å². The van der Waals surface area contributed by atoms with Crippen molar-refractivity contribution in [3.8, 4) is 5.75 Å². The van der Waals surface area contributed by atoms with Crippen molar-refractivity contribution in [3.05, 3.63) is 59.4 Å². The second-order valence-electron chi connectivity index (χ2n) is 5.28. The van der Waals surface area contributed by atoms with Crippen LogP contribution in [0.4, 0.5) is 5.69 Å². The molecule has 1 aromatic heterocycles. The summed E-state index contributed by atoms with van der Waals surface area (Å²) in [7, 11) is 1.53. The molecular formula is C18H15NO5. The zero-order valence-electron chi connectivity index (χ0n) is 13.1. The van der Waals surface area contributed by atoms with Gasteiger partial charge in [-0.25, -0.2) is 4.79 Å². The van der Waals surface area contributed by atoms with Crippen LogP contribution in [0.5, 0.6) is 5.75 Å². The Morgan fingerprint density at radius 3 is 2.62 bits per heavy atom. The summed E-state index contributed by atoms with van der Waals surface area (Å²) in [6.07, 6.45) is 0. The summed E-state index contributed by atoms with van der Waals surface area (Å²) in [5.74, 6) is -0.732. The lowest BCUT2D eigenvalue weighted by Crippen LogP contribution is -2.12. The van der Waals surface area contributed by atoms with Crippen molar-refractivity contribution in [3.63, 3.8) is 0 Å². The Labute approximate surface area is 137 Å². The molecule has 0 bridgehead atoms. The average Bonchev–Trinajstić information content (AvgIpc) is 3.00. The molecule has 0 saturated carbocycles. The van der Waals surface area contributed by atoms with Crippen molar-refractivity contribution in [2.75, 3.05) is 12.4 Å². The molecule has 0 radical (unpaired) electrons. The molecule has 122 valence electrons. The van der Waals surface area contributed by atoms with Gasteiger partial charge in [0.2, 0.25) is 0 Å². The first kappa shape index (κ1) is 15.6. The lowest BCUT2D eigenvalue weighted by Gasteiger charge is -2.07. The molecule has 3 rings (SSSR count). The van der Waals surface area contributed by atoms with Crippen molar-refractivity contribution in [2.45, 2.75) is 6.92 Å². The largest absolute Gasteiger partial charge is 0.493 e. The summed E-state index contributed by atoms with van der Waals surface area (Å²) in [6.45, 7) is 1.73. The summed E-state index contributed by atoms with van der Waals surface area (Å²) >= 11 is 0. The molecule has 0 unspecified atom stereocenters. The number of methoxy groups -OCH3 is 1. The van der Waals surface area contributed by atoms with Crippen molar-refractivity contribution in [2.24, 2.45) is 0 Å². The van der Waals surface area contributed by atoms with E-state index in [2.05, 4.69) is 5.32 Å². The number of furan rings is 1. The standard InChI is InChI=1S/C18H15NO5/c1-10-8-12(18(21)22)6-7-13(10)19-17(20)15-9-11-4-3-5-14(23-2)16(11)24-15/h3-9H,1-2H3,(H,19,20)(H,21,22). The van der Waals surface area contributed by atoms with Crippen molar-refractivity contribution in [1.82, 2.24) is 0 Å². The highest BCUT2D eigenvalue weighted by molar-refractivity contribution is 6.05. The Kier molecular flexibility index (Phi) is 3.95. The van der Waals surface area contributed by atoms with Gasteiger partial charge in [-0.05, 0) is 42.8 Å². The van der Waals surface area contributed by atoms with Gasteiger partial charge >= 0.3 is 5.97 Å². The predicted octanol–water partition coefficient (Wildman–Crippen LogP) is 3.70. The number of hydrogen-bond donors (Lipinski definition) is 2. The number of benzene rings is 2. The summed E-state index contributed by atoms with van der Waals surface area (Å²) in [4.78, 5) is 23.3. The molecular weight excluding hydrogens is 310 g/mol. The fourth-order valence-electron chi connectivity index (χ4n) is 2.43. The Hall–Kier alpha value is -3.28. The number of fused-ring (bicyclic) bond motifs is 1. The minimum absolute atomic E-state index is 0.149. The normalized spacial score (nSPS) is 10.6. The van der Waals surface area contributed by atoms with Crippen LogP contribution in [0.25, 0.3) is 11.0 Å². The number of carbonyl (C=O) groups is 2. The third-order valence-corrected chi connectivity index (χ3v) is 3.67. The van der Waals surface area contributed by atoms with Gasteiger partial charge in [-0.1, -0.05) is 12.1 Å². The maximum absolute atomic E-state index is 12.4. The predicted molar refractivity (Wildman–Crippen MR) is 88.9 cm³/mol. The van der Waals surface area contributed by atoms with E-state index < -0.39 is 11.9 Å². The first-order valence-electron chi connectivity index (χ1n) is 7.21. The number of para-hydroxylation sites is 1. The molecule has 3 aromatic rings. The Morgan fingerprint density at radius 2 is 1.96 bits per heavy atom. The van der Waals surface area contributed by atoms with Crippen LogP contribution in [0.2, 0.25) is 0 Å². The zero-order valence-corrected chi connectivity index (χ0v) is 13.1. The number of anilines is 1. The van der Waals surface area contributed by atoms with E-state index in [0.29, 0.717) is 22.6 Å². The summed E-state index contributed by atoms with van der Waals surface area (Å²) in [5, 5.41) is 12.5. The molecule has 2 N–H and O–H groups in total. The van der Waals surface area contributed by atoms with Crippen LogP contribution in [0.1, 0.15) is 26.5 Å². The number of carboxylic acid groups (broad SMARTS) is 1. The molecule has 6 nitrogen and oxygen atoms in total. The minimum Gasteiger partial charge on any atom is -0.493 e. The monoisotopic (exact) mass is 325 g/mol. The van der Waals surface area contributed by atoms with Gasteiger partial charge in [0, 0.05) is 11.1 Å². The fraction of sp³-hybridized carbons (Fsp3) is 0.111. The number of ether oxygens (including phenoxy) is 1. The van der Waals surface area contributed by atoms with Gasteiger partial charge in [-0.3, -0.25) is 4.79 Å². The number of rotatable bonds is 4. The van der Waals surface area contributed by atoms with Crippen LogP contribution in [0.3, 0.4) is 0 Å². The highest BCUT2D eigenvalue weighted by Crippen LogP contribution is 2.29. The Bertz CT molecular complexity index is 942. The molecule has 24 heavy (non-hydrogen) atoms. The summed E-state index contributed by atoms with van der Waals surface area (Å²) < 4.78 is 10.8. The van der Waals surface area contributed by atoms with Gasteiger partial charge in [0.25, 0.3) is 5.91 Å². The van der Waals surface area contributed by atoms with E-state index in [1.165, 1.54) is 19.2 Å². The molecule has 0 aliphatic heterocycles. The van der Waals surface area contributed by atoms with Crippen LogP contribution in [0, 0.1) is 6.92 Å². The fourth-order valence-corrected chi connectivity index (χ4v) is 2.43. The van der Waals surface area contributed by atoms with Gasteiger partial charge in [0.15, 0.2) is 17.1 Å². The smallest absolute Gasteiger partial charge is 0.335 e. The molecule has 6 heteroatoms. The quantitative estimate of drug-likeness (QED) is 0.763. The van der Waals surface area contributed by atoms with Gasteiger partial charge in [-0.15, -0.1) is 0 Å². The molecule has 0 fully saturated rings. The van der Waals surface area contributed by atoms with Crippen molar-refractivity contribution < 1.29 is 23.8 Å². The molecule has 1 heterocycles. The minimum atomic E-state index is -1.01. The van der Waals surface area contributed by atoms with E-state index >= 15 is 0 Å². The number of aryl methyl sites for hydroxylation is 1. The zero-order chi connectivity index (χ0) is 17.3. The molecule has 0 aliphatic carbocycles. The molecule has 0 saturated heterocycles. The van der Waals surface area contributed by atoms with E-state index in [4.69, 9.17) is 14.3 Å². The van der Waals surface area contributed by atoms with Crippen molar-refractivity contribution in [1.29, 1.82) is 0 Å². The lowest BCUT2D eigenvalue weighted by atomic mass is 10.1. The van der Waals surface area contributed by atoms with E-state index in [1.54, 1.807) is 25.1 Å². The molecule has 0 atom stereocenters. The molecule has 2 aromatic carbocycles. The van der Waals surface area contributed by atoms with Gasteiger partial charge in [0.1, 0.15) is 0 Å². The highest BCUT2D eigenvalue weighted by Gasteiger charge is 2.16. The first-order chi connectivity index (χ1) is 11.5. The third-order valence-electron chi connectivity index (χ3n) is 3.67. The van der Waals surface area contributed by atoms with Crippen LogP contribution < -0.4 is 10.1 Å². The number of hydrogen-bond acceptors (Lipinski definition) is 4. The van der Waals surface area contributed by atoms with E-state index in [0.717, 1.165) is 5.39 Å². The van der Waals surface area contributed by atoms with Gasteiger partial charge in [0.05, 0.1) is 12.7 Å². The second-order valence-corrected chi connectivity index (χ2v) is 5.28. The Morgan fingerprint density at radius 1 is 1.17 bits per heavy atom. The summed E-state index contributed by atoms with van der Waals surface area (Å²) in [6, 6.07) is 11.5. The van der Waals surface area contributed by atoms with Crippen LogP contribution in [0.15, 0.2) is 46.9 Å². The Balaban J connectivity index is 1.89. The topological polar surface area (TPSA) is 88.8 Å². The van der Waals surface area contributed by atoms with Crippen LogP contribution in [-0.2, 0) is 0 Å².